The van der Waals surface area contributed by atoms with Gasteiger partial charge in [-0.3, -0.25) is 4.79 Å². The molecule has 108 valence electrons. The van der Waals surface area contributed by atoms with Gasteiger partial charge < -0.3 is 25.2 Å². The molecule has 0 saturated carbocycles. The number of rotatable bonds is 1. The van der Waals surface area contributed by atoms with Crippen LogP contribution in [0, 0.1) is 0 Å². The van der Waals surface area contributed by atoms with Crippen molar-refractivity contribution in [3.8, 4) is 28.7 Å². The van der Waals surface area contributed by atoms with E-state index in [2.05, 4.69) is 0 Å². The van der Waals surface area contributed by atoms with E-state index in [1.54, 1.807) is 0 Å². The Labute approximate surface area is 119 Å². The van der Waals surface area contributed by atoms with Crippen LogP contribution >= 0.6 is 0 Å². The standard InChI is InChI=1S/C15H12O6/c16-7-1-2-9(11(18)3-7)10-6-21-13-5-8(17)4-12(19)14(13)15(10)20/h1-5,10,16-19H,6H2/t10-/m0/s1. The highest BCUT2D eigenvalue weighted by Crippen LogP contribution is 2.42. The molecule has 2 aromatic carbocycles. The smallest absolute Gasteiger partial charge is 0.181 e. The Balaban J connectivity index is 2.07. The fraction of sp³-hybridized carbons (Fsp3) is 0.133. The Bertz CT molecular complexity index is 737. The van der Waals surface area contributed by atoms with Crippen LogP contribution in [-0.2, 0) is 0 Å². The molecule has 1 heterocycles. The topological polar surface area (TPSA) is 107 Å². The van der Waals surface area contributed by atoms with Crippen molar-refractivity contribution >= 4 is 5.78 Å². The van der Waals surface area contributed by atoms with Crippen molar-refractivity contribution in [1.29, 1.82) is 0 Å². The normalized spacial score (nSPS) is 17.1. The van der Waals surface area contributed by atoms with Gasteiger partial charge >= 0.3 is 0 Å². The van der Waals surface area contributed by atoms with Crippen LogP contribution in [-0.4, -0.2) is 32.8 Å². The first-order valence-corrected chi connectivity index (χ1v) is 6.22. The molecule has 0 amide bonds. The summed E-state index contributed by atoms with van der Waals surface area (Å²) in [7, 11) is 0. The van der Waals surface area contributed by atoms with Crippen molar-refractivity contribution in [2.24, 2.45) is 0 Å². The molecule has 0 bridgehead atoms. The van der Waals surface area contributed by atoms with Crippen LogP contribution in [0.5, 0.6) is 28.7 Å². The summed E-state index contributed by atoms with van der Waals surface area (Å²) in [6.07, 6.45) is 0. The van der Waals surface area contributed by atoms with Crippen molar-refractivity contribution < 1.29 is 30.0 Å². The summed E-state index contributed by atoms with van der Waals surface area (Å²) >= 11 is 0. The lowest BCUT2D eigenvalue weighted by Gasteiger charge is -2.25. The van der Waals surface area contributed by atoms with Gasteiger partial charge in [-0.25, -0.2) is 0 Å². The first-order valence-electron chi connectivity index (χ1n) is 6.22. The second-order valence-corrected chi connectivity index (χ2v) is 4.81. The lowest BCUT2D eigenvalue weighted by atomic mass is 9.88. The number of carbonyl (C=O) groups excluding carboxylic acids is 1. The molecule has 2 aromatic rings. The fourth-order valence-electron chi connectivity index (χ4n) is 2.43. The molecule has 1 aliphatic heterocycles. The largest absolute Gasteiger partial charge is 0.508 e. The molecule has 0 aromatic heterocycles. The van der Waals surface area contributed by atoms with E-state index < -0.39 is 11.7 Å². The molecule has 0 fully saturated rings. The molecule has 6 heteroatoms. The zero-order valence-electron chi connectivity index (χ0n) is 10.8. The quantitative estimate of drug-likeness (QED) is 0.638. The second kappa shape index (κ2) is 4.59. The third kappa shape index (κ3) is 2.10. The zero-order valence-corrected chi connectivity index (χ0v) is 10.8. The van der Waals surface area contributed by atoms with Crippen molar-refractivity contribution in [3.05, 3.63) is 41.5 Å². The number of aromatic hydroxyl groups is 4. The highest BCUT2D eigenvalue weighted by Gasteiger charge is 2.34. The SMILES string of the molecule is O=C1c2c(O)cc(O)cc2OC[C@H]1c1ccc(O)cc1O. The maximum Gasteiger partial charge on any atom is 0.181 e. The molecule has 6 nitrogen and oxygen atoms in total. The molecular weight excluding hydrogens is 276 g/mol. The van der Waals surface area contributed by atoms with Gasteiger partial charge in [-0.1, -0.05) is 6.07 Å². The minimum atomic E-state index is -0.798. The predicted octanol–water partition coefficient (Wildman–Crippen LogP) is 1.87. The first kappa shape index (κ1) is 13.1. The maximum absolute atomic E-state index is 12.5. The number of ether oxygens (including phenoxy) is 1. The molecule has 1 aliphatic rings. The fourth-order valence-corrected chi connectivity index (χ4v) is 2.43. The zero-order chi connectivity index (χ0) is 15.1. The van der Waals surface area contributed by atoms with E-state index in [1.807, 2.05) is 0 Å². The summed E-state index contributed by atoms with van der Waals surface area (Å²) in [4.78, 5) is 12.5. The molecule has 0 spiro atoms. The van der Waals surface area contributed by atoms with Gasteiger partial charge in [0.25, 0.3) is 0 Å². The Hall–Kier alpha value is -2.89. The Kier molecular flexibility index (Phi) is 2.86. The van der Waals surface area contributed by atoms with E-state index in [9.17, 15) is 25.2 Å². The number of Topliss-reactive ketones (excluding diaryl/α,β-unsaturated/α-hetero) is 1. The maximum atomic E-state index is 12.5. The Morgan fingerprint density at radius 2 is 1.67 bits per heavy atom. The summed E-state index contributed by atoms with van der Waals surface area (Å²) < 4.78 is 5.39. The van der Waals surface area contributed by atoms with Crippen LogP contribution < -0.4 is 4.74 Å². The minimum Gasteiger partial charge on any atom is -0.508 e. The Morgan fingerprint density at radius 3 is 2.38 bits per heavy atom. The lowest BCUT2D eigenvalue weighted by molar-refractivity contribution is 0.0890. The van der Waals surface area contributed by atoms with E-state index in [4.69, 9.17) is 4.74 Å². The summed E-state index contributed by atoms with van der Waals surface area (Å²) in [6.45, 7) is -0.0347. The molecule has 3 rings (SSSR count). The van der Waals surface area contributed by atoms with Crippen LogP contribution in [0.2, 0.25) is 0 Å². The van der Waals surface area contributed by atoms with Crippen molar-refractivity contribution in [1.82, 2.24) is 0 Å². The van der Waals surface area contributed by atoms with Crippen molar-refractivity contribution in [3.63, 3.8) is 0 Å². The first-order chi connectivity index (χ1) is 9.97. The van der Waals surface area contributed by atoms with Crippen molar-refractivity contribution in [2.45, 2.75) is 5.92 Å². The highest BCUT2D eigenvalue weighted by molar-refractivity contribution is 6.06. The van der Waals surface area contributed by atoms with Crippen LogP contribution in [0.1, 0.15) is 21.8 Å². The average molecular weight is 288 g/mol. The van der Waals surface area contributed by atoms with E-state index in [1.165, 1.54) is 18.2 Å². The molecule has 4 N–H and O–H groups in total. The predicted molar refractivity (Wildman–Crippen MR) is 72.1 cm³/mol. The number of fused-ring (bicyclic) bond motifs is 1. The molecular formula is C15H12O6. The number of hydrogen-bond acceptors (Lipinski definition) is 6. The molecule has 0 unspecified atom stereocenters. The highest BCUT2D eigenvalue weighted by atomic mass is 16.5. The van der Waals surface area contributed by atoms with E-state index in [0.29, 0.717) is 5.56 Å². The third-order valence-corrected chi connectivity index (χ3v) is 3.42. The third-order valence-electron chi connectivity index (χ3n) is 3.42. The van der Waals surface area contributed by atoms with Crippen molar-refractivity contribution in [2.75, 3.05) is 6.61 Å². The number of benzene rings is 2. The van der Waals surface area contributed by atoms with E-state index >= 15 is 0 Å². The van der Waals surface area contributed by atoms with Crippen LogP contribution in [0.4, 0.5) is 0 Å². The number of phenols is 4. The number of phenolic OH excluding ortho intramolecular Hbond substituents is 4. The summed E-state index contributed by atoms with van der Waals surface area (Å²) in [5.74, 6) is -2.04. The van der Waals surface area contributed by atoms with Gasteiger partial charge in [-0.2, -0.15) is 0 Å². The molecule has 0 radical (unpaired) electrons. The summed E-state index contributed by atoms with van der Waals surface area (Å²) in [5, 5.41) is 38.4. The molecule has 0 saturated heterocycles. The van der Waals surface area contributed by atoms with Gasteiger partial charge in [0.15, 0.2) is 5.78 Å². The lowest BCUT2D eigenvalue weighted by Crippen LogP contribution is -2.26. The van der Waals surface area contributed by atoms with Gasteiger partial charge in [0.1, 0.15) is 40.9 Å². The van der Waals surface area contributed by atoms with Crippen LogP contribution in [0.25, 0.3) is 0 Å². The molecule has 1 atom stereocenters. The van der Waals surface area contributed by atoms with E-state index in [-0.39, 0.29) is 40.9 Å². The average Bonchev–Trinajstić information content (AvgIpc) is 2.39. The van der Waals surface area contributed by atoms with Crippen LogP contribution in [0.15, 0.2) is 30.3 Å². The Morgan fingerprint density at radius 1 is 0.952 bits per heavy atom. The van der Waals surface area contributed by atoms with Gasteiger partial charge in [-0.05, 0) is 6.07 Å². The van der Waals surface area contributed by atoms with E-state index in [0.717, 1.165) is 12.1 Å². The summed E-state index contributed by atoms with van der Waals surface area (Å²) in [5.41, 5.74) is 0.271. The van der Waals surface area contributed by atoms with Gasteiger partial charge in [0.05, 0.1) is 5.92 Å². The summed E-state index contributed by atoms with van der Waals surface area (Å²) in [6, 6.07) is 6.22. The monoisotopic (exact) mass is 288 g/mol. The van der Waals surface area contributed by atoms with Crippen LogP contribution in [0.3, 0.4) is 0 Å². The van der Waals surface area contributed by atoms with Gasteiger partial charge in [0.2, 0.25) is 0 Å². The van der Waals surface area contributed by atoms with Gasteiger partial charge in [-0.15, -0.1) is 0 Å². The van der Waals surface area contributed by atoms with Gasteiger partial charge in [0, 0.05) is 23.8 Å². The molecule has 0 aliphatic carbocycles. The molecule has 21 heavy (non-hydrogen) atoms. The number of hydrogen-bond donors (Lipinski definition) is 4. The number of carbonyl (C=O) groups is 1. The minimum absolute atomic E-state index is 0.0310. The second-order valence-electron chi connectivity index (χ2n) is 4.81. The number of ketones is 1.